The predicted molar refractivity (Wildman–Crippen MR) is 82.3 cm³/mol. The molecule has 0 aliphatic rings. The fourth-order valence-corrected chi connectivity index (χ4v) is 2.80. The zero-order valence-corrected chi connectivity index (χ0v) is 12.5. The van der Waals surface area contributed by atoms with Crippen molar-refractivity contribution in [2.45, 2.75) is 20.3 Å². The van der Waals surface area contributed by atoms with Gasteiger partial charge in [-0.2, -0.15) is 5.26 Å². The van der Waals surface area contributed by atoms with Crippen LogP contribution in [0.1, 0.15) is 23.9 Å². The summed E-state index contributed by atoms with van der Waals surface area (Å²) in [6.45, 7) is 3.87. The molecule has 0 saturated carbocycles. The number of halogens is 1. The van der Waals surface area contributed by atoms with Gasteiger partial charge in [-0.15, -0.1) is 5.10 Å². The van der Waals surface area contributed by atoms with Crippen molar-refractivity contribution in [1.82, 2.24) is 14.6 Å². The quantitative estimate of drug-likeness (QED) is 0.676. The first-order valence-corrected chi connectivity index (χ1v) is 7.08. The van der Waals surface area contributed by atoms with Gasteiger partial charge in [0.1, 0.15) is 16.8 Å². The van der Waals surface area contributed by atoms with Gasteiger partial charge in [-0.25, -0.2) is 9.50 Å². The van der Waals surface area contributed by atoms with E-state index < -0.39 is 0 Å². The number of fused-ring (bicyclic) bond motifs is 1. The lowest BCUT2D eigenvalue weighted by molar-refractivity contribution is 0.885. The van der Waals surface area contributed by atoms with Crippen LogP contribution in [0.3, 0.4) is 0 Å². The number of rotatable bonds is 2. The molecule has 0 fully saturated rings. The average Bonchev–Trinajstić information content (AvgIpc) is 2.93. The lowest BCUT2D eigenvalue weighted by atomic mass is 9.99. The molecule has 0 atom stereocenters. The standard InChI is InChI=1S/C16H13ClN4/c1-3-13-19-16-12(9-18)10(2)14(15(17)21(16)20-13)11-7-5-4-6-8-11/h4-8H,3H2,1-2H3. The second-order valence-corrected chi connectivity index (χ2v) is 5.12. The van der Waals surface area contributed by atoms with Crippen molar-refractivity contribution in [3.63, 3.8) is 0 Å². The molecule has 2 heterocycles. The SMILES string of the molecule is CCc1nc2c(C#N)c(C)c(-c3ccccc3)c(Cl)n2n1. The first-order chi connectivity index (χ1) is 10.2. The van der Waals surface area contributed by atoms with Crippen LogP contribution < -0.4 is 0 Å². The molecule has 0 radical (unpaired) electrons. The van der Waals surface area contributed by atoms with Crippen LogP contribution in [0.2, 0.25) is 5.15 Å². The van der Waals surface area contributed by atoms with Crippen molar-refractivity contribution in [3.8, 4) is 17.2 Å². The minimum atomic E-state index is 0.486. The van der Waals surface area contributed by atoms with Gasteiger partial charge in [-0.1, -0.05) is 48.9 Å². The van der Waals surface area contributed by atoms with Gasteiger partial charge in [-0.3, -0.25) is 0 Å². The van der Waals surface area contributed by atoms with E-state index in [-0.39, 0.29) is 0 Å². The molecule has 3 rings (SSSR count). The number of aromatic nitrogens is 3. The third-order valence-corrected chi connectivity index (χ3v) is 3.86. The fraction of sp³-hybridized carbons (Fsp3) is 0.188. The molecule has 3 aromatic rings. The van der Waals surface area contributed by atoms with Gasteiger partial charge in [0.25, 0.3) is 0 Å². The number of hydrogen-bond donors (Lipinski definition) is 0. The van der Waals surface area contributed by atoms with Gasteiger partial charge in [0.15, 0.2) is 11.5 Å². The fourth-order valence-electron chi connectivity index (χ4n) is 2.43. The number of aryl methyl sites for hydroxylation is 1. The molecule has 0 saturated heterocycles. The van der Waals surface area contributed by atoms with E-state index in [4.69, 9.17) is 11.6 Å². The van der Waals surface area contributed by atoms with Gasteiger partial charge in [0.05, 0.1) is 0 Å². The minimum absolute atomic E-state index is 0.486. The van der Waals surface area contributed by atoms with Crippen LogP contribution in [0, 0.1) is 18.3 Å². The van der Waals surface area contributed by atoms with E-state index in [1.165, 1.54) is 0 Å². The minimum Gasteiger partial charge on any atom is -0.210 e. The summed E-state index contributed by atoms with van der Waals surface area (Å²) in [5.41, 5.74) is 3.67. The van der Waals surface area contributed by atoms with Gasteiger partial charge in [-0.05, 0) is 18.1 Å². The molecule has 104 valence electrons. The summed E-state index contributed by atoms with van der Waals surface area (Å²) in [6.07, 6.45) is 0.697. The van der Waals surface area contributed by atoms with Gasteiger partial charge >= 0.3 is 0 Å². The van der Waals surface area contributed by atoms with Gasteiger partial charge in [0, 0.05) is 12.0 Å². The van der Waals surface area contributed by atoms with Crippen LogP contribution in [0.5, 0.6) is 0 Å². The zero-order valence-electron chi connectivity index (χ0n) is 11.8. The predicted octanol–water partition coefficient (Wildman–Crippen LogP) is 3.79. The van der Waals surface area contributed by atoms with Crippen molar-refractivity contribution < 1.29 is 0 Å². The van der Waals surface area contributed by atoms with E-state index in [2.05, 4.69) is 16.2 Å². The molecule has 0 N–H and O–H groups in total. The number of benzene rings is 1. The highest BCUT2D eigenvalue weighted by molar-refractivity contribution is 6.32. The topological polar surface area (TPSA) is 54.0 Å². The van der Waals surface area contributed by atoms with Crippen molar-refractivity contribution >= 4 is 17.2 Å². The van der Waals surface area contributed by atoms with E-state index in [1.807, 2.05) is 44.2 Å². The van der Waals surface area contributed by atoms with Crippen LogP contribution in [0.25, 0.3) is 16.8 Å². The number of hydrogen-bond acceptors (Lipinski definition) is 3. The molecule has 21 heavy (non-hydrogen) atoms. The van der Waals surface area contributed by atoms with Crippen molar-refractivity contribution in [1.29, 1.82) is 5.26 Å². The third-order valence-electron chi connectivity index (χ3n) is 3.51. The molecule has 0 unspecified atom stereocenters. The second-order valence-electron chi connectivity index (χ2n) is 4.76. The monoisotopic (exact) mass is 296 g/mol. The highest BCUT2D eigenvalue weighted by Crippen LogP contribution is 2.34. The van der Waals surface area contributed by atoms with Crippen molar-refractivity contribution in [3.05, 3.63) is 52.4 Å². The maximum atomic E-state index is 9.49. The highest BCUT2D eigenvalue weighted by atomic mass is 35.5. The summed E-state index contributed by atoms with van der Waals surface area (Å²) in [5.74, 6) is 0.679. The van der Waals surface area contributed by atoms with Gasteiger partial charge in [0.2, 0.25) is 0 Å². The van der Waals surface area contributed by atoms with E-state index in [9.17, 15) is 5.26 Å². The zero-order chi connectivity index (χ0) is 15.0. The Morgan fingerprint density at radius 3 is 2.62 bits per heavy atom. The Labute approximate surface area is 127 Å². The molecule has 4 nitrogen and oxygen atoms in total. The Kier molecular flexibility index (Phi) is 3.36. The van der Waals surface area contributed by atoms with Crippen molar-refractivity contribution in [2.75, 3.05) is 0 Å². The summed E-state index contributed by atoms with van der Waals surface area (Å²) in [4.78, 5) is 4.40. The second kappa shape index (κ2) is 5.19. The van der Waals surface area contributed by atoms with Crippen LogP contribution in [-0.4, -0.2) is 14.6 Å². The molecule has 2 aromatic heterocycles. The first-order valence-electron chi connectivity index (χ1n) is 6.70. The Bertz CT molecular complexity index is 860. The van der Waals surface area contributed by atoms with Crippen LogP contribution in [0.4, 0.5) is 0 Å². The van der Waals surface area contributed by atoms with E-state index in [0.29, 0.717) is 28.6 Å². The van der Waals surface area contributed by atoms with Crippen LogP contribution in [0.15, 0.2) is 30.3 Å². The Morgan fingerprint density at radius 1 is 1.29 bits per heavy atom. The molecule has 0 amide bonds. The maximum absolute atomic E-state index is 9.49. The Hall–Kier alpha value is -2.38. The summed E-state index contributed by atoms with van der Waals surface area (Å²) >= 11 is 6.53. The largest absolute Gasteiger partial charge is 0.210 e. The van der Waals surface area contributed by atoms with Gasteiger partial charge < -0.3 is 0 Å². The van der Waals surface area contributed by atoms with E-state index in [1.54, 1.807) is 4.52 Å². The van der Waals surface area contributed by atoms with E-state index in [0.717, 1.165) is 16.7 Å². The Morgan fingerprint density at radius 2 is 2.00 bits per heavy atom. The summed E-state index contributed by atoms with van der Waals surface area (Å²) < 4.78 is 1.56. The van der Waals surface area contributed by atoms with E-state index >= 15 is 0 Å². The molecule has 0 bridgehead atoms. The molecular formula is C16H13ClN4. The first kappa shape index (κ1) is 13.6. The lowest BCUT2D eigenvalue weighted by Gasteiger charge is -2.11. The number of nitriles is 1. The number of nitrogens with zero attached hydrogens (tertiary/aromatic N) is 4. The van der Waals surface area contributed by atoms with Crippen LogP contribution >= 0.6 is 11.6 Å². The smallest absolute Gasteiger partial charge is 0.175 e. The third kappa shape index (κ3) is 2.07. The molecule has 0 aliphatic carbocycles. The number of pyridine rings is 1. The Balaban J connectivity index is 2.44. The maximum Gasteiger partial charge on any atom is 0.175 e. The summed E-state index contributed by atoms with van der Waals surface area (Å²) in [6, 6.07) is 12.0. The highest BCUT2D eigenvalue weighted by Gasteiger charge is 2.19. The average molecular weight is 297 g/mol. The molecule has 5 heteroatoms. The normalized spacial score (nSPS) is 10.8. The molecular weight excluding hydrogens is 284 g/mol. The molecule has 1 aromatic carbocycles. The summed E-state index contributed by atoms with van der Waals surface area (Å²) in [5, 5.41) is 14.4. The van der Waals surface area contributed by atoms with Crippen LogP contribution in [-0.2, 0) is 6.42 Å². The molecule has 0 spiro atoms. The van der Waals surface area contributed by atoms with Crippen molar-refractivity contribution in [2.24, 2.45) is 0 Å². The molecule has 0 aliphatic heterocycles. The lowest BCUT2D eigenvalue weighted by Crippen LogP contribution is -2.00. The summed E-state index contributed by atoms with van der Waals surface area (Å²) in [7, 11) is 0.